The Morgan fingerprint density at radius 2 is 1.92 bits per heavy atom. The van der Waals surface area contributed by atoms with Crippen LogP contribution in [0.25, 0.3) is 0 Å². The van der Waals surface area contributed by atoms with Crippen LogP contribution in [0.3, 0.4) is 0 Å². The van der Waals surface area contributed by atoms with Crippen LogP contribution < -0.4 is 15.8 Å². The van der Waals surface area contributed by atoms with Gasteiger partial charge in [-0.05, 0) is 31.2 Å². The number of alkyl halides is 1. The maximum absolute atomic E-state index is 12.3. The highest BCUT2D eigenvalue weighted by molar-refractivity contribution is 6.28. The van der Waals surface area contributed by atoms with Crippen molar-refractivity contribution in [1.82, 2.24) is 5.32 Å². The zero-order valence-corrected chi connectivity index (χ0v) is 14.2. The Kier molecular flexibility index (Phi) is 6.63. The lowest BCUT2D eigenvalue weighted by Crippen LogP contribution is -2.28. The molecule has 126 valence electrons. The zero-order valence-electron chi connectivity index (χ0n) is 13.5. The average Bonchev–Trinajstić information content (AvgIpc) is 2.60. The van der Waals surface area contributed by atoms with Gasteiger partial charge in [-0.25, -0.2) is 4.99 Å². The minimum atomic E-state index is -0.232. The van der Waals surface area contributed by atoms with Gasteiger partial charge in [0.1, 0.15) is 18.2 Å². The van der Waals surface area contributed by atoms with Crippen LogP contribution >= 0.6 is 11.6 Å². The molecule has 2 aromatic rings. The fraction of sp³-hybridized carbons (Fsp3) is 0.222. The molecule has 0 heterocycles. The molecule has 24 heavy (non-hydrogen) atoms. The normalized spacial score (nSPS) is 11.2. The van der Waals surface area contributed by atoms with Gasteiger partial charge in [-0.2, -0.15) is 0 Å². The van der Waals surface area contributed by atoms with Gasteiger partial charge in [0.2, 0.25) is 0 Å². The molecule has 0 aliphatic rings. The molecular weight excluding hydrogens is 326 g/mol. The number of nitrogens with zero attached hydrogens (tertiary/aromatic N) is 1. The fourth-order valence-corrected chi connectivity index (χ4v) is 2.07. The smallest absolute Gasteiger partial charge is 0.253 e. The molecule has 2 aromatic carbocycles. The number of carbonyl (C=O) groups excluding carboxylic acids is 1. The number of amidine groups is 1. The number of carbonyl (C=O) groups is 1. The van der Waals surface area contributed by atoms with E-state index < -0.39 is 0 Å². The number of para-hydroxylation sites is 1. The van der Waals surface area contributed by atoms with E-state index in [1.807, 2.05) is 31.2 Å². The summed E-state index contributed by atoms with van der Waals surface area (Å²) in [6, 6.07) is 14.7. The van der Waals surface area contributed by atoms with E-state index in [-0.39, 0.29) is 17.6 Å². The summed E-state index contributed by atoms with van der Waals surface area (Å²) in [5.41, 5.74) is 7.75. The minimum Gasteiger partial charge on any atom is -0.492 e. The molecule has 0 saturated heterocycles. The Labute approximate surface area is 146 Å². The summed E-state index contributed by atoms with van der Waals surface area (Å²) in [5.74, 6) is 0.916. The SMILES string of the molecule is Cc1ccc(OCCNC(=O)c2ccccc2N=C(N)CCl)cc1. The van der Waals surface area contributed by atoms with Crippen LogP contribution in [0.4, 0.5) is 5.69 Å². The standard InChI is InChI=1S/C18H20ClN3O2/c1-13-6-8-14(9-7-13)24-11-10-21-18(23)15-4-2-3-5-16(15)22-17(20)12-19/h2-9H,10-12H2,1H3,(H2,20,22)(H,21,23). The second-order valence-corrected chi connectivity index (χ2v) is 5.44. The number of hydrogen-bond donors (Lipinski definition) is 2. The first-order valence-electron chi connectivity index (χ1n) is 7.56. The third-order valence-electron chi connectivity index (χ3n) is 3.23. The molecule has 0 atom stereocenters. The van der Waals surface area contributed by atoms with Crippen LogP contribution in [0.5, 0.6) is 5.75 Å². The van der Waals surface area contributed by atoms with Crippen LogP contribution in [-0.2, 0) is 0 Å². The minimum absolute atomic E-state index is 0.111. The number of aryl methyl sites for hydroxylation is 1. The summed E-state index contributed by atoms with van der Waals surface area (Å²) in [6.07, 6.45) is 0. The Bertz CT molecular complexity index is 714. The molecule has 0 unspecified atom stereocenters. The van der Waals surface area contributed by atoms with Crippen molar-refractivity contribution in [2.75, 3.05) is 19.0 Å². The monoisotopic (exact) mass is 345 g/mol. The number of amides is 1. The van der Waals surface area contributed by atoms with E-state index in [0.717, 1.165) is 5.75 Å². The van der Waals surface area contributed by atoms with E-state index in [4.69, 9.17) is 22.1 Å². The second kappa shape index (κ2) is 8.93. The molecule has 0 aliphatic heterocycles. The molecule has 6 heteroatoms. The van der Waals surface area contributed by atoms with Gasteiger partial charge in [0, 0.05) is 0 Å². The van der Waals surface area contributed by atoms with Crippen molar-refractivity contribution >= 4 is 29.0 Å². The predicted octanol–water partition coefficient (Wildman–Crippen LogP) is 3.03. The molecule has 0 bridgehead atoms. The first kappa shape index (κ1) is 17.8. The Hall–Kier alpha value is -2.53. The fourth-order valence-electron chi connectivity index (χ4n) is 2.01. The van der Waals surface area contributed by atoms with Gasteiger partial charge in [-0.15, -0.1) is 11.6 Å². The van der Waals surface area contributed by atoms with Crippen molar-refractivity contribution in [2.24, 2.45) is 10.7 Å². The van der Waals surface area contributed by atoms with Crippen LogP contribution in [0.2, 0.25) is 0 Å². The topological polar surface area (TPSA) is 76.7 Å². The number of halogens is 1. The number of benzene rings is 2. The molecule has 3 N–H and O–H groups in total. The van der Waals surface area contributed by atoms with E-state index in [9.17, 15) is 4.79 Å². The molecule has 0 aliphatic carbocycles. The Morgan fingerprint density at radius 1 is 1.21 bits per heavy atom. The first-order chi connectivity index (χ1) is 11.6. The molecule has 2 rings (SSSR count). The summed E-state index contributed by atoms with van der Waals surface area (Å²) in [7, 11) is 0. The van der Waals surface area contributed by atoms with E-state index in [0.29, 0.717) is 24.4 Å². The lowest BCUT2D eigenvalue weighted by Gasteiger charge is -2.09. The maximum atomic E-state index is 12.3. The number of ether oxygens (including phenoxy) is 1. The number of hydrogen-bond acceptors (Lipinski definition) is 3. The molecular formula is C18H20ClN3O2. The molecule has 0 fully saturated rings. The van der Waals surface area contributed by atoms with Crippen molar-refractivity contribution in [3.05, 3.63) is 59.7 Å². The van der Waals surface area contributed by atoms with E-state index in [2.05, 4.69) is 10.3 Å². The maximum Gasteiger partial charge on any atom is 0.253 e. The van der Waals surface area contributed by atoms with Gasteiger partial charge in [0.15, 0.2) is 0 Å². The van der Waals surface area contributed by atoms with Gasteiger partial charge in [0.25, 0.3) is 5.91 Å². The Balaban J connectivity index is 1.90. The Morgan fingerprint density at radius 3 is 2.62 bits per heavy atom. The highest BCUT2D eigenvalue weighted by Gasteiger charge is 2.10. The highest BCUT2D eigenvalue weighted by atomic mass is 35.5. The van der Waals surface area contributed by atoms with Crippen LogP contribution in [0.15, 0.2) is 53.5 Å². The van der Waals surface area contributed by atoms with Crippen molar-refractivity contribution < 1.29 is 9.53 Å². The van der Waals surface area contributed by atoms with Gasteiger partial charge >= 0.3 is 0 Å². The predicted molar refractivity (Wildman–Crippen MR) is 97.5 cm³/mol. The molecule has 5 nitrogen and oxygen atoms in total. The number of nitrogens with two attached hydrogens (primary N) is 1. The second-order valence-electron chi connectivity index (χ2n) is 5.17. The van der Waals surface area contributed by atoms with Crippen LogP contribution in [-0.4, -0.2) is 30.8 Å². The van der Waals surface area contributed by atoms with Crippen molar-refractivity contribution in [1.29, 1.82) is 0 Å². The third-order valence-corrected chi connectivity index (χ3v) is 3.50. The van der Waals surface area contributed by atoms with Crippen molar-refractivity contribution in [2.45, 2.75) is 6.92 Å². The van der Waals surface area contributed by atoms with Gasteiger partial charge in [-0.3, -0.25) is 4.79 Å². The molecule has 1 amide bonds. The van der Waals surface area contributed by atoms with E-state index in [1.54, 1.807) is 24.3 Å². The largest absolute Gasteiger partial charge is 0.492 e. The summed E-state index contributed by atoms with van der Waals surface area (Å²) < 4.78 is 5.58. The van der Waals surface area contributed by atoms with Gasteiger partial charge in [0.05, 0.1) is 23.7 Å². The van der Waals surface area contributed by atoms with E-state index in [1.165, 1.54) is 5.56 Å². The number of rotatable bonds is 7. The van der Waals surface area contributed by atoms with Gasteiger partial charge in [-0.1, -0.05) is 29.8 Å². The van der Waals surface area contributed by atoms with Crippen molar-refractivity contribution in [3.63, 3.8) is 0 Å². The highest BCUT2D eigenvalue weighted by Crippen LogP contribution is 2.18. The quantitative estimate of drug-likeness (QED) is 0.350. The zero-order chi connectivity index (χ0) is 17.4. The van der Waals surface area contributed by atoms with Crippen LogP contribution in [0, 0.1) is 6.92 Å². The molecule has 0 aromatic heterocycles. The summed E-state index contributed by atoms with van der Waals surface area (Å²) in [4.78, 5) is 16.4. The summed E-state index contributed by atoms with van der Waals surface area (Å²) in [5, 5.41) is 2.81. The van der Waals surface area contributed by atoms with Crippen LogP contribution in [0.1, 0.15) is 15.9 Å². The third kappa shape index (κ3) is 5.28. The average molecular weight is 346 g/mol. The molecule has 0 spiro atoms. The first-order valence-corrected chi connectivity index (χ1v) is 8.09. The van der Waals surface area contributed by atoms with Crippen molar-refractivity contribution in [3.8, 4) is 5.75 Å². The molecule has 0 saturated carbocycles. The summed E-state index contributed by atoms with van der Waals surface area (Å²) in [6.45, 7) is 2.78. The summed E-state index contributed by atoms with van der Waals surface area (Å²) >= 11 is 5.63. The van der Waals surface area contributed by atoms with E-state index >= 15 is 0 Å². The number of aliphatic imine (C=N–C) groups is 1. The van der Waals surface area contributed by atoms with Gasteiger partial charge < -0.3 is 15.8 Å². The lowest BCUT2D eigenvalue weighted by atomic mass is 10.1. The number of nitrogens with one attached hydrogen (secondary N) is 1. The lowest BCUT2D eigenvalue weighted by molar-refractivity contribution is 0.0947. The molecule has 0 radical (unpaired) electrons.